The third-order valence-electron chi connectivity index (χ3n) is 4.81. The molecule has 1 N–H and O–H groups in total. The van der Waals surface area contributed by atoms with Crippen LogP contribution in [0, 0.1) is 17.0 Å². The number of nitro groups is 1. The number of rotatable bonds is 8. The first-order valence-electron chi connectivity index (χ1n) is 8.94. The van der Waals surface area contributed by atoms with Crippen molar-refractivity contribution < 1.29 is 9.72 Å². The molecule has 2 aliphatic rings. The van der Waals surface area contributed by atoms with Crippen LogP contribution in [0.3, 0.4) is 0 Å². The molecule has 0 aromatic heterocycles. The highest BCUT2D eigenvalue weighted by Gasteiger charge is 2.40. The zero-order chi connectivity index (χ0) is 18.0. The van der Waals surface area contributed by atoms with E-state index in [0.717, 1.165) is 32.1 Å². The lowest BCUT2D eigenvalue weighted by Gasteiger charge is -2.23. The molecule has 135 valence electrons. The number of urea groups is 1. The molecule has 0 bridgehead atoms. The van der Waals surface area contributed by atoms with Crippen molar-refractivity contribution in [1.29, 1.82) is 0 Å². The van der Waals surface area contributed by atoms with Gasteiger partial charge in [0, 0.05) is 31.2 Å². The average Bonchev–Trinajstić information content (AvgIpc) is 3.36. The maximum atomic E-state index is 12.7. The second-order valence-electron chi connectivity index (χ2n) is 6.83. The minimum Gasteiger partial charge on any atom is -0.375 e. The van der Waals surface area contributed by atoms with Crippen molar-refractivity contribution >= 4 is 23.1 Å². The summed E-state index contributed by atoms with van der Waals surface area (Å²) in [4.78, 5) is 27.4. The number of amides is 2. The number of benzene rings is 1. The maximum absolute atomic E-state index is 12.7. The molecular weight excluding hydrogens is 320 g/mol. The van der Waals surface area contributed by atoms with Gasteiger partial charge in [0.25, 0.3) is 5.69 Å². The first-order chi connectivity index (χ1) is 12.0. The van der Waals surface area contributed by atoms with Crippen LogP contribution in [0.15, 0.2) is 18.2 Å². The molecule has 1 heterocycles. The zero-order valence-electron chi connectivity index (χ0n) is 14.6. The first kappa shape index (κ1) is 17.5. The fourth-order valence-corrected chi connectivity index (χ4v) is 3.32. The van der Waals surface area contributed by atoms with Gasteiger partial charge in [0.05, 0.1) is 10.6 Å². The topological polar surface area (TPSA) is 78.7 Å². The van der Waals surface area contributed by atoms with Gasteiger partial charge in [-0.25, -0.2) is 4.79 Å². The van der Waals surface area contributed by atoms with Gasteiger partial charge < -0.3 is 10.2 Å². The number of hydrogen-bond donors (Lipinski definition) is 1. The molecule has 1 aromatic carbocycles. The number of carbonyl (C=O) groups excluding carboxylic acids is 1. The largest absolute Gasteiger partial charge is 0.375 e. The van der Waals surface area contributed by atoms with Crippen LogP contribution < -0.4 is 10.2 Å². The quantitative estimate of drug-likeness (QED) is 0.574. The van der Waals surface area contributed by atoms with Crippen LogP contribution in [-0.2, 0) is 0 Å². The second kappa shape index (κ2) is 7.29. The number of para-hydroxylation sites is 1. The summed E-state index contributed by atoms with van der Waals surface area (Å²) in [7, 11) is 0. The Balaban J connectivity index is 1.88. The lowest BCUT2D eigenvalue weighted by molar-refractivity contribution is -0.383. The molecule has 1 aromatic rings. The highest BCUT2D eigenvalue weighted by Crippen LogP contribution is 2.39. The fourth-order valence-electron chi connectivity index (χ4n) is 3.32. The van der Waals surface area contributed by atoms with E-state index in [9.17, 15) is 14.9 Å². The summed E-state index contributed by atoms with van der Waals surface area (Å²) in [5.74, 6) is 0. The van der Waals surface area contributed by atoms with Gasteiger partial charge in [-0.2, -0.15) is 0 Å². The highest BCUT2D eigenvalue weighted by molar-refractivity contribution is 5.99. The predicted octanol–water partition coefficient (Wildman–Crippen LogP) is 3.80. The van der Waals surface area contributed by atoms with Gasteiger partial charge >= 0.3 is 6.03 Å². The molecule has 2 fully saturated rings. The molecular formula is C18H25N4O3. The van der Waals surface area contributed by atoms with Gasteiger partial charge in [0.2, 0.25) is 0 Å². The third kappa shape index (κ3) is 3.70. The number of nitrogens with zero attached hydrogens (tertiary/aromatic N) is 3. The number of nitro benzene ring substituents is 1. The molecule has 2 amide bonds. The van der Waals surface area contributed by atoms with Crippen LogP contribution in [0.25, 0.3) is 0 Å². The maximum Gasteiger partial charge on any atom is 0.324 e. The van der Waals surface area contributed by atoms with E-state index in [1.807, 2.05) is 11.8 Å². The SMILES string of the molecule is [CH2]CCCC(C)Nc1c(N2CCN(C3CC3)C2=O)cccc1[N+](=O)[O-]. The average molecular weight is 345 g/mol. The van der Waals surface area contributed by atoms with Crippen molar-refractivity contribution in [2.24, 2.45) is 0 Å². The Kier molecular flexibility index (Phi) is 5.11. The summed E-state index contributed by atoms with van der Waals surface area (Å²) in [6, 6.07) is 5.29. The van der Waals surface area contributed by atoms with Crippen LogP contribution in [0.4, 0.5) is 21.9 Å². The van der Waals surface area contributed by atoms with Gasteiger partial charge in [0.15, 0.2) is 0 Å². The molecule has 1 atom stereocenters. The van der Waals surface area contributed by atoms with Crippen molar-refractivity contribution in [3.63, 3.8) is 0 Å². The molecule has 25 heavy (non-hydrogen) atoms. The van der Waals surface area contributed by atoms with Gasteiger partial charge in [0.1, 0.15) is 5.69 Å². The molecule has 0 spiro atoms. The Hall–Kier alpha value is -2.31. The molecule has 1 aliphatic heterocycles. The number of carbonyl (C=O) groups is 1. The first-order valence-corrected chi connectivity index (χ1v) is 8.94. The molecule has 1 aliphatic carbocycles. The Morgan fingerprint density at radius 3 is 2.80 bits per heavy atom. The normalized spacial score (nSPS) is 18.6. The highest BCUT2D eigenvalue weighted by atomic mass is 16.6. The van der Waals surface area contributed by atoms with E-state index in [2.05, 4.69) is 12.2 Å². The van der Waals surface area contributed by atoms with Crippen LogP contribution in [0.1, 0.15) is 39.0 Å². The molecule has 3 rings (SSSR count). The lowest BCUT2D eigenvalue weighted by Crippen LogP contribution is -2.33. The van der Waals surface area contributed by atoms with E-state index in [4.69, 9.17) is 0 Å². The van der Waals surface area contributed by atoms with Crippen molar-refractivity contribution in [2.75, 3.05) is 23.3 Å². The lowest BCUT2D eigenvalue weighted by atomic mass is 10.1. The molecule has 1 unspecified atom stereocenters. The minimum absolute atomic E-state index is 0.0108. The molecule has 1 saturated carbocycles. The molecule has 7 heteroatoms. The molecule has 1 saturated heterocycles. The minimum atomic E-state index is -0.390. The number of unbranched alkanes of at least 4 members (excludes halogenated alkanes) is 1. The van der Waals surface area contributed by atoms with Crippen LogP contribution in [0.5, 0.6) is 0 Å². The Labute approximate surface area is 148 Å². The van der Waals surface area contributed by atoms with Crippen LogP contribution >= 0.6 is 0 Å². The number of nitrogens with one attached hydrogen (secondary N) is 1. The van der Waals surface area contributed by atoms with E-state index in [1.54, 1.807) is 17.0 Å². The summed E-state index contributed by atoms with van der Waals surface area (Å²) in [5, 5.41) is 14.8. The number of hydrogen-bond acceptors (Lipinski definition) is 4. The van der Waals surface area contributed by atoms with Crippen molar-refractivity contribution in [3.05, 3.63) is 35.2 Å². The van der Waals surface area contributed by atoms with Gasteiger partial charge in [-0.1, -0.05) is 25.8 Å². The molecule has 1 radical (unpaired) electrons. The Morgan fingerprint density at radius 2 is 2.16 bits per heavy atom. The monoisotopic (exact) mass is 345 g/mol. The third-order valence-corrected chi connectivity index (χ3v) is 4.81. The fraction of sp³-hybridized carbons (Fsp3) is 0.556. The summed E-state index contributed by atoms with van der Waals surface area (Å²) < 4.78 is 0. The Bertz CT molecular complexity index is 660. The number of anilines is 2. The van der Waals surface area contributed by atoms with Crippen molar-refractivity contribution in [2.45, 2.75) is 51.1 Å². The van der Waals surface area contributed by atoms with E-state index >= 15 is 0 Å². The smallest absolute Gasteiger partial charge is 0.324 e. The summed E-state index contributed by atoms with van der Waals surface area (Å²) in [6.07, 6.45) is 4.76. The van der Waals surface area contributed by atoms with Gasteiger partial charge in [-0.3, -0.25) is 15.0 Å². The van der Waals surface area contributed by atoms with Crippen molar-refractivity contribution in [3.8, 4) is 0 Å². The summed E-state index contributed by atoms with van der Waals surface area (Å²) in [6.45, 7) is 7.09. The predicted molar refractivity (Wildman–Crippen MR) is 97.9 cm³/mol. The van der Waals surface area contributed by atoms with Gasteiger partial charge in [-0.05, 0) is 32.3 Å². The summed E-state index contributed by atoms with van der Waals surface area (Å²) in [5.41, 5.74) is 1.05. The summed E-state index contributed by atoms with van der Waals surface area (Å²) >= 11 is 0. The van der Waals surface area contributed by atoms with Crippen molar-refractivity contribution in [1.82, 2.24) is 4.90 Å². The van der Waals surface area contributed by atoms with E-state index in [1.165, 1.54) is 6.07 Å². The zero-order valence-corrected chi connectivity index (χ0v) is 14.6. The van der Waals surface area contributed by atoms with E-state index in [-0.39, 0.29) is 22.7 Å². The standard InChI is InChI=1S/C18H25N4O3/c1-3-4-6-13(2)19-17-15(7-5-8-16(17)22(24)25)21-12-11-20(18(21)23)14-9-10-14/h5,7-8,13-14,19H,1,3-4,6,9-12H2,2H3. The van der Waals surface area contributed by atoms with Crippen LogP contribution in [-0.4, -0.2) is 41.0 Å². The van der Waals surface area contributed by atoms with Crippen LogP contribution in [0.2, 0.25) is 0 Å². The van der Waals surface area contributed by atoms with Gasteiger partial charge in [-0.15, -0.1) is 0 Å². The van der Waals surface area contributed by atoms with E-state index in [0.29, 0.717) is 30.5 Å². The Morgan fingerprint density at radius 1 is 1.40 bits per heavy atom. The van der Waals surface area contributed by atoms with E-state index < -0.39 is 0 Å². The second-order valence-corrected chi connectivity index (χ2v) is 6.83. The molecule has 7 nitrogen and oxygen atoms in total.